The smallest absolute Gasteiger partial charge is 0.229 e. The molecule has 1 saturated carbocycles. The minimum absolute atomic E-state index is 0.543. The number of hydrogen-bond donors (Lipinski definition) is 3. The van der Waals surface area contributed by atoms with Gasteiger partial charge in [-0.3, -0.25) is 0 Å². The van der Waals surface area contributed by atoms with E-state index in [9.17, 15) is 0 Å². The van der Waals surface area contributed by atoms with Crippen molar-refractivity contribution in [1.82, 2.24) is 9.97 Å². The van der Waals surface area contributed by atoms with Gasteiger partial charge < -0.3 is 16.4 Å². The number of rotatable bonds is 6. The third-order valence-electron chi connectivity index (χ3n) is 4.05. The third-order valence-corrected chi connectivity index (χ3v) is 4.05. The molecule has 1 aliphatic rings. The summed E-state index contributed by atoms with van der Waals surface area (Å²) in [5.74, 6) is 2.35. The summed E-state index contributed by atoms with van der Waals surface area (Å²) < 4.78 is 0. The standard InChI is InChI=1S/C20H25N5/c1-12-7-13(2)9-17(8-12)23-20-22-15(4)11-19(25-20)24-18(21)10-14(3)16-5-6-16/h7-11,16H,3,5-6,21H2,1-2,4H3,(H2,22,23,24,25)/b18-10+. The number of hydrogen-bond acceptors (Lipinski definition) is 5. The second-order valence-corrected chi connectivity index (χ2v) is 6.79. The van der Waals surface area contributed by atoms with Crippen LogP contribution in [-0.4, -0.2) is 9.97 Å². The molecule has 0 bridgehead atoms. The summed E-state index contributed by atoms with van der Waals surface area (Å²) in [6.45, 7) is 10.1. The molecular formula is C20H25N5. The highest BCUT2D eigenvalue weighted by Crippen LogP contribution is 2.36. The van der Waals surface area contributed by atoms with Crippen molar-refractivity contribution in [1.29, 1.82) is 0 Å². The molecule has 0 radical (unpaired) electrons. The lowest BCUT2D eigenvalue weighted by Crippen LogP contribution is -2.12. The summed E-state index contributed by atoms with van der Waals surface area (Å²) in [5, 5.41) is 6.40. The van der Waals surface area contributed by atoms with Crippen molar-refractivity contribution < 1.29 is 0 Å². The van der Waals surface area contributed by atoms with E-state index in [0.29, 0.717) is 23.5 Å². The molecule has 1 fully saturated rings. The molecule has 25 heavy (non-hydrogen) atoms. The van der Waals surface area contributed by atoms with E-state index in [0.717, 1.165) is 17.0 Å². The van der Waals surface area contributed by atoms with Crippen LogP contribution in [0.3, 0.4) is 0 Å². The molecule has 0 aliphatic heterocycles. The molecular weight excluding hydrogens is 310 g/mol. The first kappa shape index (κ1) is 17.0. The SMILES string of the molecule is C=C(/C=C(\N)Nc1cc(C)nc(Nc2cc(C)cc(C)c2)n1)C1CC1. The topological polar surface area (TPSA) is 75.9 Å². The van der Waals surface area contributed by atoms with E-state index in [1.807, 2.05) is 19.1 Å². The number of anilines is 3. The fourth-order valence-corrected chi connectivity index (χ4v) is 2.82. The van der Waals surface area contributed by atoms with Gasteiger partial charge in [-0.15, -0.1) is 0 Å². The first-order valence-corrected chi connectivity index (χ1v) is 8.53. The van der Waals surface area contributed by atoms with Gasteiger partial charge in [0.25, 0.3) is 0 Å². The molecule has 0 unspecified atom stereocenters. The summed E-state index contributed by atoms with van der Waals surface area (Å²) in [6, 6.07) is 8.14. The number of aromatic nitrogens is 2. The van der Waals surface area contributed by atoms with Crippen LogP contribution in [0.4, 0.5) is 17.5 Å². The van der Waals surface area contributed by atoms with Crippen LogP contribution >= 0.6 is 0 Å². The van der Waals surface area contributed by atoms with Crippen molar-refractivity contribution in [2.24, 2.45) is 11.7 Å². The molecule has 1 aromatic heterocycles. The van der Waals surface area contributed by atoms with E-state index in [-0.39, 0.29) is 0 Å². The number of nitrogens with zero attached hydrogens (tertiary/aromatic N) is 2. The first-order chi connectivity index (χ1) is 11.9. The molecule has 1 aromatic carbocycles. The fourth-order valence-electron chi connectivity index (χ4n) is 2.82. The van der Waals surface area contributed by atoms with E-state index < -0.39 is 0 Å². The maximum atomic E-state index is 6.07. The van der Waals surface area contributed by atoms with Gasteiger partial charge in [0.05, 0.1) is 0 Å². The van der Waals surface area contributed by atoms with Crippen molar-refractivity contribution in [2.45, 2.75) is 33.6 Å². The second kappa shape index (κ2) is 6.97. The number of nitrogens with two attached hydrogens (primary N) is 1. The molecule has 5 heteroatoms. The predicted molar refractivity (Wildman–Crippen MR) is 104 cm³/mol. The molecule has 130 valence electrons. The average Bonchev–Trinajstić information content (AvgIpc) is 3.29. The molecule has 3 rings (SSSR count). The van der Waals surface area contributed by atoms with Gasteiger partial charge in [0.15, 0.2) is 0 Å². The predicted octanol–water partition coefficient (Wildman–Crippen LogP) is 4.32. The highest BCUT2D eigenvalue weighted by molar-refractivity contribution is 5.58. The van der Waals surface area contributed by atoms with Crippen molar-refractivity contribution in [3.05, 3.63) is 65.1 Å². The molecule has 1 aliphatic carbocycles. The maximum Gasteiger partial charge on any atom is 0.229 e. The molecule has 0 spiro atoms. The lowest BCUT2D eigenvalue weighted by Gasteiger charge is -2.11. The van der Waals surface area contributed by atoms with Gasteiger partial charge in [0.1, 0.15) is 11.6 Å². The monoisotopic (exact) mass is 335 g/mol. The Balaban J connectivity index is 1.76. The van der Waals surface area contributed by atoms with Crippen molar-refractivity contribution in [3.63, 3.8) is 0 Å². The quantitative estimate of drug-likeness (QED) is 0.685. The van der Waals surface area contributed by atoms with Gasteiger partial charge in [-0.25, -0.2) is 4.98 Å². The molecule has 4 N–H and O–H groups in total. The minimum Gasteiger partial charge on any atom is -0.385 e. The van der Waals surface area contributed by atoms with Crippen molar-refractivity contribution >= 4 is 17.5 Å². The average molecular weight is 335 g/mol. The number of aryl methyl sites for hydroxylation is 3. The van der Waals surface area contributed by atoms with Gasteiger partial charge in [-0.1, -0.05) is 12.6 Å². The zero-order valence-electron chi connectivity index (χ0n) is 15.1. The van der Waals surface area contributed by atoms with Gasteiger partial charge in [0.2, 0.25) is 5.95 Å². The van der Waals surface area contributed by atoms with Gasteiger partial charge in [0, 0.05) is 17.4 Å². The van der Waals surface area contributed by atoms with E-state index in [2.05, 4.69) is 59.2 Å². The van der Waals surface area contributed by atoms with Gasteiger partial charge in [-0.2, -0.15) is 4.98 Å². The van der Waals surface area contributed by atoms with Gasteiger partial charge >= 0.3 is 0 Å². The van der Waals surface area contributed by atoms with E-state index >= 15 is 0 Å². The third kappa shape index (κ3) is 4.83. The van der Waals surface area contributed by atoms with Crippen LogP contribution in [0.2, 0.25) is 0 Å². The van der Waals surface area contributed by atoms with Crippen LogP contribution in [0.1, 0.15) is 29.7 Å². The van der Waals surface area contributed by atoms with Crippen LogP contribution in [0.25, 0.3) is 0 Å². The highest BCUT2D eigenvalue weighted by atomic mass is 15.2. The largest absolute Gasteiger partial charge is 0.385 e. The van der Waals surface area contributed by atoms with Crippen LogP contribution in [0.15, 0.2) is 48.3 Å². The summed E-state index contributed by atoms with van der Waals surface area (Å²) in [7, 11) is 0. The Morgan fingerprint density at radius 1 is 1.12 bits per heavy atom. The molecule has 5 nitrogen and oxygen atoms in total. The van der Waals surface area contributed by atoms with Crippen LogP contribution < -0.4 is 16.4 Å². The zero-order chi connectivity index (χ0) is 18.0. The van der Waals surface area contributed by atoms with E-state index in [4.69, 9.17) is 5.73 Å². The normalized spacial score (nSPS) is 14.3. The Morgan fingerprint density at radius 3 is 2.44 bits per heavy atom. The molecule has 0 atom stereocenters. The van der Waals surface area contributed by atoms with Gasteiger partial charge in [-0.05, 0) is 74.4 Å². The summed E-state index contributed by atoms with van der Waals surface area (Å²) in [4.78, 5) is 8.97. The van der Waals surface area contributed by atoms with Crippen molar-refractivity contribution in [3.8, 4) is 0 Å². The van der Waals surface area contributed by atoms with Crippen molar-refractivity contribution in [2.75, 3.05) is 10.6 Å². The van der Waals surface area contributed by atoms with E-state index in [1.54, 1.807) is 0 Å². The maximum absolute atomic E-state index is 6.07. The van der Waals surface area contributed by atoms with E-state index in [1.165, 1.54) is 24.0 Å². The number of allylic oxidation sites excluding steroid dienone is 2. The molecule has 2 aromatic rings. The van der Waals surface area contributed by atoms with Crippen LogP contribution in [0, 0.1) is 26.7 Å². The summed E-state index contributed by atoms with van der Waals surface area (Å²) in [5.41, 5.74) is 11.4. The Morgan fingerprint density at radius 2 is 1.80 bits per heavy atom. The second-order valence-electron chi connectivity index (χ2n) is 6.79. The Kier molecular flexibility index (Phi) is 4.74. The lowest BCUT2D eigenvalue weighted by molar-refractivity contribution is 1.04. The molecule has 1 heterocycles. The van der Waals surface area contributed by atoms with Crippen LogP contribution in [-0.2, 0) is 0 Å². The Labute approximate surface area is 149 Å². The molecule has 0 saturated heterocycles. The number of benzene rings is 1. The summed E-state index contributed by atoms with van der Waals surface area (Å²) in [6.07, 6.45) is 4.31. The minimum atomic E-state index is 0.543. The number of nitrogens with one attached hydrogen (secondary N) is 2. The Bertz CT molecular complexity index is 814. The first-order valence-electron chi connectivity index (χ1n) is 8.53. The lowest BCUT2D eigenvalue weighted by atomic mass is 10.1. The van der Waals surface area contributed by atoms with Crippen LogP contribution in [0.5, 0.6) is 0 Å². The fraction of sp³-hybridized carbons (Fsp3) is 0.300. The highest BCUT2D eigenvalue weighted by Gasteiger charge is 2.23. The molecule has 0 amide bonds. The zero-order valence-corrected chi connectivity index (χ0v) is 15.1. The Hall–Kier alpha value is -2.82. The summed E-state index contributed by atoms with van der Waals surface area (Å²) >= 11 is 0.